The van der Waals surface area contributed by atoms with Crippen molar-refractivity contribution in [3.05, 3.63) is 52.2 Å². The topological polar surface area (TPSA) is 75.7 Å². The molecule has 0 aliphatic carbocycles. The number of rotatable bonds is 8. The van der Waals surface area contributed by atoms with Crippen molar-refractivity contribution in [2.24, 2.45) is 0 Å². The number of thiophene rings is 1. The van der Waals surface area contributed by atoms with Crippen LogP contribution in [0.1, 0.15) is 15.2 Å². The lowest BCUT2D eigenvalue weighted by Gasteiger charge is -2.21. The highest BCUT2D eigenvalue weighted by atomic mass is 32.2. The minimum Gasteiger partial charge on any atom is -0.496 e. The molecule has 2 aromatic rings. The average molecular weight is 368 g/mol. The van der Waals surface area contributed by atoms with Crippen molar-refractivity contribution in [2.45, 2.75) is 6.54 Å². The van der Waals surface area contributed by atoms with Crippen molar-refractivity contribution in [3.8, 4) is 5.75 Å². The fourth-order valence-corrected chi connectivity index (χ4v) is 3.61. The third-order valence-corrected chi connectivity index (χ3v) is 5.52. The summed E-state index contributed by atoms with van der Waals surface area (Å²) in [4.78, 5) is 12.5. The molecule has 0 fully saturated rings. The molecule has 8 heteroatoms. The largest absolute Gasteiger partial charge is 0.496 e. The van der Waals surface area contributed by atoms with Crippen LogP contribution in [-0.4, -0.2) is 45.1 Å². The molecule has 1 aromatic heterocycles. The second-order valence-electron chi connectivity index (χ2n) is 5.14. The van der Waals surface area contributed by atoms with Crippen molar-refractivity contribution >= 4 is 27.3 Å². The van der Waals surface area contributed by atoms with Crippen LogP contribution in [0.25, 0.3) is 0 Å². The fourth-order valence-electron chi connectivity index (χ4n) is 2.17. The standard InChI is InChI=1S/C16H20N2O4S2/c1-22-14-7-4-3-6-13(14)12-18(24(2,20)21)10-9-17-16(19)15-8-5-11-23-15/h3-8,11H,9-10,12H2,1-2H3,(H,17,19). The van der Waals surface area contributed by atoms with Crippen LogP contribution < -0.4 is 10.1 Å². The first-order valence-corrected chi connectivity index (χ1v) is 10.0. The van der Waals surface area contributed by atoms with E-state index in [0.29, 0.717) is 10.6 Å². The van der Waals surface area contributed by atoms with E-state index in [1.165, 1.54) is 15.6 Å². The van der Waals surface area contributed by atoms with Gasteiger partial charge in [-0.15, -0.1) is 11.3 Å². The van der Waals surface area contributed by atoms with Gasteiger partial charge in [-0.05, 0) is 17.5 Å². The molecule has 1 N–H and O–H groups in total. The van der Waals surface area contributed by atoms with Crippen LogP contribution in [0.15, 0.2) is 41.8 Å². The number of nitrogens with zero attached hydrogens (tertiary/aromatic N) is 1. The Morgan fingerprint density at radius 3 is 2.62 bits per heavy atom. The highest BCUT2D eigenvalue weighted by Gasteiger charge is 2.19. The van der Waals surface area contributed by atoms with Crippen molar-refractivity contribution < 1.29 is 17.9 Å². The van der Waals surface area contributed by atoms with Crippen LogP contribution in [0.5, 0.6) is 5.75 Å². The number of ether oxygens (including phenoxy) is 1. The first-order valence-electron chi connectivity index (χ1n) is 7.30. The number of nitrogens with one attached hydrogen (secondary N) is 1. The van der Waals surface area contributed by atoms with Crippen LogP contribution in [0.4, 0.5) is 0 Å². The lowest BCUT2D eigenvalue weighted by atomic mass is 10.2. The third-order valence-electron chi connectivity index (χ3n) is 3.40. The van der Waals surface area contributed by atoms with Gasteiger partial charge < -0.3 is 10.1 Å². The molecule has 0 aliphatic heterocycles. The molecule has 6 nitrogen and oxygen atoms in total. The molecular weight excluding hydrogens is 348 g/mol. The third kappa shape index (κ3) is 5.05. The maximum atomic E-state index is 12.0. The zero-order valence-corrected chi connectivity index (χ0v) is 15.2. The predicted octanol–water partition coefficient (Wildman–Crippen LogP) is 1.95. The smallest absolute Gasteiger partial charge is 0.261 e. The molecule has 1 amide bonds. The number of methoxy groups -OCH3 is 1. The Balaban J connectivity index is 2.00. The van der Waals surface area contributed by atoms with Crippen molar-refractivity contribution in [2.75, 3.05) is 26.5 Å². The molecule has 0 radical (unpaired) electrons. The van der Waals surface area contributed by atoms with Gasteiger partial charge in [0, 0.05) is 25.2 Å². The lowest BCUT2D eigenvalue weighted by molar-refractivity contribution is 0.0955. The zero-order valence-electron chi connectivity index (χ0n) is 13.6. The quantitative estimate of drug-likeness (QED) is 0.773. The summed E-state index contributed by atoms with van der Waals surface area (Å²) in [5, 5.41) is 4.55. The van der Waals surface area contributed by atoms with Crippen molar-refractivity contribution in [1.82, 2.24) is 9.62 Å². The molecule has 0 bridgehead atoms. The van der Waals surface area contributed by atoms with E-state index in [-0.39, 0.29) is 25.5 Å². The van der Waals surface area contributed by atoms with Crippen LogP contribution in [-0.2, 0) is 16.6 Å². The monoisotopic (exact) mass is 368 g/mol. The van der Waals surface area contributed by atoms with Crippen molar-refractivity contribution in [1.29, 1.82) is 0 Å². The SMILES string of the molecule is COc1ccccc1CN(CCNC(=O)c1cccs1)S(C)(=O)=O. The number of sulfonamides is 1. The molecule has 24 heavy (non-hydrogen) atoms. The number of hydrogen-bond acceptors (Lipinski definition) is 5. The summed E-state index contributed by atoms with van der Waals surface area (Å²) >= 11 is 1.34. The molecule has 0 aliphatic rings. The van der Waals surface area contributed by atoms with Gasteiger partial charge in [0.15, 0.2) is 0 Å². The minimum absolute atomic E-state index is 0.188. The fraction of sp³-hybridized carbons (Fsp3) is 0.312. The molecular formula is C16H20N2O4S2. The molecule has 0 unspecified atom stereocenters. The van der Waals surface area contributed by atoms with E-state index in [1.54, 1.807) is 25.3 Å². The first kappa shape index (κ1) is 18.4. The summed E-state index contributed by atoms with van der Waals surface area (Å²) < 4.78 is 30.6. The van der Waals surface area contributed by atoms with E-state index in [1.807, 2.05) is 23.6 Å². The lowest BCUT2D eigenvalue weighted by Crippen LogP contribution is -2.37. The second kappa shape index (κ2) is 8.27. The van der Waals surface area contributed by atoms with E-state index >= 15 is 0 Å². The summed E-state index contributed by atoms with van der Waals surface area (Å²) in [7, 11) is -1.86. The Labute approximate surface area is 146 Å². The van der Waals surface area contributed by atoms with Crippen LogP contribution >= 0.6 is 11.3 Å². The molecule has 0 saturated carbocycles. The van der Waals surface area contributed by atoms with E-state index in [0.717, 1.165) is 11.8 Å². The Morgan fingerprint density at radius 2 is 2.00 bits per heavy atom. The average Bonchev–Trinajstić information content (AvgIpc) is 3.07. The Kier molecular flexibility index (Phi) is 6.36. The summed E-state index contributed by atoms with van der Waals surface area (Å²) in [5.74, 6) is 0.435. The number of para-hydroxylation sites is 1. The van der Waals surface area contributed by atoms with Gasteiger partial charge in [-0.25, -0.2) is 8.42 Å². The van der Waals surface area contributed by atoms with E-state index < -0.39 is 10.0 Å². The highest BCUT2D eigenvalue weighted by molar-refractivity contribution is 7.88. The first-order chi connectivity index (χ1) is 11.4. The van der Waals surface area contributed by atoms with Gasteiger partial charge in [-0.2, -0.15) is 4.31 Å². The zero-order chi connectivity index (χ0) is 17.6. The molecule has 2 rings (SSSR count). The molecule has 0 spiro atoms. The number of carbonyl (C=O) groups is 1. The molecule has 1 heterocycles. The minimum atomic E-state index is -3.41. The summed E-state index contributed by atoms with van der Waals surface area (Å²) in [6, 6.07) is 10.8. The molecule has 0 atom stereocenters. The van der Waals surface area contributed by atoms with E-state index in [9.17, 15) is 13.2 Å². The van der Waals surface area contributed by atoms with E-state index in [4.69, 9.17) is 4.74 Å². The molecule has 1 aromatic carbocycles. The van der Waals surface area contributed by atoms with Gasteiger partial charge in [-0.3, -0.25) is 4.79 Å². The number of carbonyl (C=O) groups excluding carboxylic acids is 1. The summed E-state index contributed by atoms with van der Waals surface area (Å²) in [6.45, 7) is 0.616. The second-order valence-corrected chi connectivity index (χ2v) is 8.07. The van der Waals surface area contributed by atoms with Gasteiger partial charge in [0.2, 0.25) is 10.0 Å². The highest BCUT2D eigenvalue weighted by Crippen LogP contribution is 2.20. The number of hydrogen-bond donors (Lipinski definition) is 1. The van der Waals surface area contributed by atoms with Gasteiger partial charge >= 0.3 is 0 Å². The molecule has 130 valence electrons. The maximum Gasteiger partial charge on any atom is 0.261 e. The Bertz CT molecular complexity index is 773. The molecule has 0 saturated heterocycles. The van der Waals surface area contributed by atoms with Crippen molar-refractivity contribution in [3.63, 3.8) is 0 Å². The summed E-state index contributed by atoms with van der Waals surface area (Å²) in [5.41, 5.74) is 0.773. The summed E-state index contributed by atoms with van der Waals surface area (Å²) in [6.07, 6.45) is 1.16. The normalized spacial score (nSPS) is 11.5. The Morgan fingerprint density at radius 1 is 1.25 bits per heavy atom. The van der Waals surface area contributed by atoms with E-state index in [2.05, 4.69) is 5.32 Å². The number of benzene rings is 1. The Hall–Kier alpha value is -1.90. The predicted molar refractivity (Wildman–Crippen MR) is 94.9 cm³/mol. The van der Waals surface area contributed by atoms with Crippen LogP contribution in [0.3, 0.4) is 0 Å². The number of amides is 1. The van der Waals surface area contributed by atoms with Gasteiger partial charge in [0.1, 0.15) is 5.75 Å². The van der Waals surface area contributed by atoms with Gasteiger partial charge in [-0.1, -0.05) is 24.3 Å². The van der Waals surface area contributed by atoms with Crippen LogP contribution in [0, 0.1) is 0 Å². The van der Waals surface area contributed by atoms with Gasteiger partial charge in [0.25, 0.3) is 5.91 Å². The van der Waals surface area contributed by atoms with Crippen LogP contribution in [0.2, 0.25) is 0 Å². The maximum absolute atomic E-state index is 12.0. The van der Waals surface area contributed by atoms with Gasteiger partial charge in [0.05, 0.1) is 18.2 Å².